The molecule has 1 unspecified atom stereocenters. The Bertz CT molecular complexity index is 920. The molecule has 2 aromatic rings. The number of hydrogen-bond acceptors (Lipinski definition) is 4. The van der Waals surface area contributed by atoms with E-state index in [1.54, 1.807) is 24.3 Å². The number of carbonyl (C=O) groups excluding carboxylic acids is 2. The Kier molecular flexibility index (Phi) is 6.19. The van der Waals surface area contributed by atoms with Crippen molar-refractivity contribution in [2.75, 3.05) is 13.2 Å². The number of likely N-dealkylation sites (tertiary alicyclic amines) is 1. The van der Waals surface area contributed by atoms with Crippen LogP contribution in [0.5, 0.6) is 5.75 Å². The Morgan fingerprint density at radius 3 is 2.50 bits per heavy atom. The number of nitrogens with zero attached hydrogens (tertiary/aromatic N) is 1. The molecule has 146 valence electrons. The lowest BCUT2D eigenvalue weighted by atomic mass is 9.95. The maximum atomic E-state index is 12.8. The van der Waals surface area contributed by atoms with Gasteiger partial charge in [0.05, 0.1) is 18.2 Å². The van der Waals surface area contributed by atoms with Crippen molar-refractivity contribution in [1.82, 2.24) is 4.90 Å². The van der Waals surface area contributed by atoms with Crippen molar-refractivity contribution in [1.29, 1.82) is 0 Å². The first-order valence-corrected chi connectivity index (χ1v) is 10.0. The van der Waals surface area contributed by atoms with Gasteiger partial charge in [0.15, 0.2) is 0 Å². The summed E-state index contributed by atoms with van der Waals surface area (Å²) in [7, 11) is 0. The first-order chi connectivity index (χ1) is 13.5. The summed E-state index contributed by atoms with van der Waals surface area (Å²) in [6.45, 7) is 4.77. The number of amides is 1. The number of aliphatic hydroxyl groups excluding tert-OH is 1. The number of aliphatic hydroxyl groups is 1. The van der Waals surface area contributed by atoms with E-state index in [0.29, 0.717) is 30.9 Å². The molecule has 1 aliphatic rings. The Morgan fingerprint density at radius 2 is 1.86 bits per heavy atom. The number of ketones is 1. The number of hydrogen-bond donors (Lipinski definition) is 1. The largest absolute Gasteiger partial charge is 0.507 e. The zero-order valence-corrected chi connectivity index (χ0v) is 17.4. The standard InChI is InChI=1S/C22H22BrNO4/c1-3-12-24-19(15-6-5-7-17(13-15)28-4-2)18(21(26)22(24)27)20(25)14-8-10-16(23)11-9-14/h5-11,13,19,25H,3-4,12H2,1-2H3/b20-18-. The van der Waals surface area contributed by atoms with Crippen molar-refractivity contribution >= 4 is 33.4 Å². The molecule has 2 aromatic carbocycles. The molecular weight excluding hydrogens is 422 g/mol. The molecule has 0 aromatic heterocycles. The molecule has 6 heteroatoms. The fourth-order valence-corrected chi connectivity index (χ4v) is 3.67. The second-order valence-corrected chi connectivity index (χ2v) is 7.42. The highest BCUT2D eigenvalue weighted by Gasteiger charge is 2.45. The average molecular weight is 444 g/mol. The third-order valence-electron chi connectivity index (χ3n) is 4.61. The molecule has 0 aliphatic carbocycles. The lowest BCUT2D eigenvalue weighted by molar-refractivity contribution is -0.139. The van der Waals surface area contributed by atoms with Crippen molar-refractivity contribution < 1.29 is 19.4 Å². The summed E-state index contributed by atoms with van der Waals surface area (Å²) in [4.78, 5) is 27.0. The van der Waals surface area contributed by atoms with Crippen LogP contribution < -0.4 is 4.74 Å². The molecule has 1 N–H and O–H groups in total. The number of benzene rings is 2. The lowest BCUT2D eigenvalue weighted by Gasteiger charge is -2.25. The van der Waals surface area contributed by atoms with Crippen LogP contribution in [0, 0.1) is 0 Å². The molecule has 0 saturated carbocycles. The zero-order valence-electron chi connectivity index (χ0n) is 15.8. The molecule has 1 atom stereocenters. The molecule has 1 saturated heterocycles. The summed E-state index contributed by atoms with van der Waals surface area (Å²) < 4.78 is 6.43. The van der Waals surface area contributed by atoms with Gasteiger partial charge in [0.2, 0.25) is 0 Å². The van der Waals surface area contributed by atoms with Crippen molar-refractivity contribution in [3.8, 4) is 5.75 Å². The van der Waals surface area contributed by atoms with E-state index in [4.69, 9.17) is 4.74 Å². The number of Topliss-reactive ketones (excluding diaryl/α,β-unsaturated/α-hetero) is 1. The molecule has 28 heavy (non-hydrogen) atoms. The fraction of sp³-hybridized carbons (Fsp3) is 0.273. The quantitative estimate of drug-likeness (QED) is 0.399. The topological polar surface area (TPSA) is 66.8 Å². The highest BCUT2D eigenvalue weighted by Crippen LogP contribution is 2.40. The molecule has 1 heterocycles. The molecule has 5 nitrogen and oxygen atoms in total. The molecular formula is C22H22BrNO4. The van der Waals surface area contributed by atoms with Crippen LogP contribution in [0.25, 0.3) is 5.76 Å². The summed E-state index contributed by atoms with van der Waals surface area (Å²) in [6.07, 6.45) is 0.701. The molecule has 0 bridgehead atoms. The monoisotopic (exact) mass is 443 g/mol. The highest BCUT2D eigenvalue weighted by atomic mass is 79.9. The Morgan fingerprint density at radius 1 is 1.14 bits per heavy atom. The minimum atomic E-state index is -0.666. The molecule has 1 amide bonds. The first-order valence-electron chi connectivity index (χ1n) is 9.25. The molecule has 1 aliphatic heterocycles. The van der Waals surface area contributed by atoms with E-state index in [1.807, 2.05) is 38.1 Å². The lowest BCUT2D eigenvalue weighted by Crippen LogP contribution is -2.30. The predicted octanol–water partition coefficient (Wildman–Crippen LogP) is 4.68. The second kappa shape index (κ2) is 8.61. The van der Waals surface area contributed by atoms with Crippen LogP contribution in [-0.2, 0) is 9.59 Å². The van der Waals surface area contributed by atoms with E-state index in [2.05, 4.69) is 15.9 Å². The van der Waals surface area contributed by atoms with E-state index in [9.17, 15) is 14.7 Å². The number of carbonyl (C=O) groups is 2. The van der Waals surface area contributed by atoms with E-state index in [-0.39, 0.29) is 11.3 Å². The van der Waals surface area contributed by atoms with Gasteiger partial charge in [-0.05, 0) is 43.2 Å². The molecule has 3 rings (SSSR count). The minimum Gasteiger partial charge on any atom is -0.507 e. The Labute approximate surface area is 172 Å². The van der Waals surface area contributed by atoms with Crippen LogP contribution in [0.15, 0.2) is 58.6 Å². The van der Waals surface area contributed by atoms with Gasteiger partial charge >= 0.3 is 0 Å². The van der Waals surface area contributed by atoms with Crippen molar-refractivity contribution in [2.45, 2.75) is 26.3 Å². The summed E-state index contributed by atoms with van der Waals surface area (Å²) >= 11 is 3.36. The van der Waals surface area contributed by atoms with E-state index in [0.717, 1.165) is 10.0 Å². The van der Waals surface area contributed by atoms with Crippen LogP contribution in [0.3, 0.4) is 0 Å². The van der Waals surface area contributed by atoms with Crippen molar-refractivity contribution in [2.24, 2.45) is 0 Å². The van der Waals surface area contributed by atoms with E-state index < -0.39 is 17.7 Å². The molecule has 0 spiro atoms. The summed E-state index contributed by atoms with van der Waals surface area (Å²) in [5, 5.41) is 10.9. The SMILES string of the molecule is CCCN1C(=O)C(=O)/C(=C(\O)c2ccc(Br)cc2)C1c1cccc(OCC)c1. The number of rotatable bonds is 6. The van der Waals surface area contributed by atoms with Crippen molar-refractivity contribution in [3.05, 3.63) is 69.7 Å². The third-order valence-corrected chi connectivity index (χ3v) is 5.14. The summed E-state index contributed by atoms with van der Waals surface area (Å²) in [6, 6.07) is 13.6. The summed E-state index contributed by atoms with van der Waals surface area (Å²) in [5.41, 5.74) is 1.33. The normalized spacial score (nSPS) is 18.5. The van der Waals surface area contributed by atoms with Crippen LogP contribution in [-0.4, -0.2) is 34.8 Å². The van der Waals surface area contributed by atoms with Gasteiger partial charge in [0, 0.05) is 16.6 Å². The first kappa shape index (κ1) is 20.1. The minimum absolute atomic E-state index is 0.106. The molecule has 0 radical (unpaired) electrons. The van der Waals surface area contributed by atoms with Gasteiger partial charge in [-0.2, -0.15) is 0 Å². The zero-order chi connectivity index (χ0) is 20.3. The molecule has 1 fully saturated rings. The van der Waals surface area contributed by atoms with Gasteiger partial charge in [-0.1, -0.05) is 47.1 Å². The second-order valence-electron chi connectivity index (χ2n) is 6.50. The Balaban J connectivity index is 2.16. The predicted molar refractivity (Wildman–Crippen MR) is 111 cm³/mol. The van der Waals surface area contributed by atoms with Crippen LogP contribution >= 0.6 is 15.9 Å². The highest BCUT2D eigenvalue weighted by molar-refractivity contribution is 9.10. The van der Waals surface area contributed by atoms with Gasteiger partial charge in [0.1, 0.15) is 11.5 Å². The summed E-state index contributed by atoms with van der Waals surface area (Å²) in [5.74, 6) is -0.769. The van der Waals surface area contributed by atoms with Gasteiger partial charge in [0.25, 0.3) is 11.7 Å². The van der Waals surface area contributed by atoms with E-state index in [1.165, 1.54) is 4.90 Å². The van der Waals surface area contributed by atoms with Gasteiger partial charge in [-0.25, -0.2) is 0 Å². The third kappa shape index (κ3) is 3.83. The van der Waals surface area contributed by atoms with Crippen molar-refractivity contribution in [3.63, 3.8) is 0 Å². The smallest absolute Gasteiger partial charge is 0.295 e. The van der Waals surface area contributed by atoms with Gasteiger partial charge in [-0.3, -0.25) is 9.59 Å². The maximum Gasteiger partial charge on any atom is 0.295 e. The Hall–Kier alpha value is -2.60. The van der Waals surface area contributed by atoms with Crippen LogP contribution in [0.4, 0.5) is 0 Å². The fourth-order valence-electron chi connectivity index (χ4n) is 3.40. The average Bonchev–Trinajstić information content (AvgIpc) is 2.94. The van der Waals surface area contributed by atoms with Gasteiger partial charge in [-0.15, -0.1) is 0 Å². The van der Waals surface area contributed by atoms with Crippen LogP contribution in [0.2, 0.25) is 0 Å². The van der Waals surface area contributed by atoms with Gasteiger partial charge < -0.3 is 14.7 Å². The number of halogens is 1. The van der Waals surface area contributed by atoms with Crippen LogP contribution in [0.1, 0.15) is 37.4 Å². The maximum absolute atomic E-state index is 12.8. The van der Waals surface area contributed by atoms with E-state index >= 15 is 0 Å². The number of ether oxygens (including phenoxy) is 1.